The van der Waals surface area contributed by atoms with Crippen molar-refractivity contribution in [2.45, 2.75) is 39.2 Å². The van der Waals surface area contributed by atoms with Crippen LogP contribution in [0.25, 0.3) is 10.6 Å². The highest BCUT2D eigenvalue weighted by Gasteiger charge is 2.24. The molecule has 0 aliphatic carbocycles. The van der Waals surface area contributed by atoms with Crippen molar-refractivity contribution in [1.29, 1.82) is 0 Å². The van der Waals surface area contributed by atoms with Crippen LogP contribution in [0, 0.1) is 0 Å². The van der Waals surface area contributed by atoms with Gasteiger partial charge in [-0.25, -0.2) is 0 Å². The Labute approximate surface area is 184 Å². The second-order valence-corrected chi connectivity index (χ2v) is 8.82. The Bertz CT molecular complexity index is 1080. The highest BCUT2D eigenvalue weighted by molar-refractivity contribution is 7.18. The van der Waals surface area contributed by atoms with Crippen LogP contribution in [-0.4, -0.2) is 33.9 Å². The molecule has 1 aliphatic rings. The van der Waals surface area contributed by atoms with E-state index in [4.69, 9.17) is 21.4 Å². The molecule has 0 bridgehead atoms. The van der Waals surface area contributed by atoms with Crippen molar-refractivity contribution in [2.75, 3.05) is 11.4 Å². The van der Waals surface area contributed by atoms with Gasteiger partial charge in [0.25, 0.3) is 0 Å². The van der Waals surface area contributed by atoms with Crippen molar-refractivity contribution in [3.63, 3.8) is 0 Å². The molecule has 1 aromatic heterocycles. The number of fused-ring (bicyclic) bond motifs is 1. The van der Waals surface area contributed by atoms with Gasteiger partial charge in [0.2, 0.25) is 5.13 Å². The van der Waals surface area contributed by atoms with Crippen molar-refractivity contribution in [3.8, 4) is 16.3 Å². The molecule has 4 rings (SSSR count). The van der Waals surface area contributed by atoms with E-state index in [-0.39, 0.29) is 12.5 Å². The number of aliphatic carboxylic acids is 1. The summed E-state index contributed by atoms with van der Waals surface area (Å²) in [6.45, 7) is 4.75. The number of anilines is 2. The quantitative estimate of drug-likeness (QED) is 0.530. The van der Waals surface area contributed by atoms with Crippen LogP contribution in [0.5, 0.6) is 5.75 Å². The number of benzene rings is 2. The zero-order valence-electron chi connectivity index (χ0n) is 16.8. The molecule has 1 aliphatic heterocycles. The van der Waals surface area contributed by atoms with Crippen LogP contribution >= 0.6 is 22.9 Å². The number of hydrogen-bond donors (Lipinski definition) is 1. The van der Waals surface area contributed by atoms with Crippen molar-refractivity contribution in [3.05, 3.63) is 52.5 Å². The Morgan fingerprint density at radius 3 is 2.83 bits per heavy atom. The lowest BCUT2D eigenvalue weighted by Gasteiger charge is -2.15. The summed E-state index contributed by atoms with van der Waals surface area (Å²) in [4.78, 5) is 13.0. The van der Waals surface area contributed by atoms with Gasteiger partial charge in [0.1, 0.15) is 10.8 Å². The predicted molar refractivity (Wildman–Crippen MR) is 119 cm³/mol. The molecule has 0 radical (unpaired) electrons. The largest absolute Gasteiger partial charge is 0.489 e. The molecular formula is C22H22ClN3O3S. The first-order valence-electron chi connectivity index (χ1n) is 9.82. The normalized spacial score (nSPS) is 13.0. The van der Waals surface area contributed by atoms with E-state index < -0.39 is 5.97 Å². The lowest BCUT2D eigenvalue weighted by atomic mass is 10.0. The predicted octanol–water partition coefficient (Wildman–Crippen LogP) is 5.36. The molecule has 1 N–H and O–H groups in total. The minimum atomic E-state index is -0.776. The third kappa shape index (κ3) is 4.42. The molecule has 0 saturated carbocycles. The van der Waals surface area contributed by atoms with E-state index in [1.165, 1.54) is 16.9 Å². The van der Waals surface area contributed by atoms with Crippen molar-refractivity contribution in [2.24, 2.45) is 0 Å². The molecule has 0 saturated heterocycles. The lowest BCUT2D eigenvalue weighted by Crippen LogP contribution is -2.12. The molecule has 2 heterocycles. The van der Waals surface area contributed by atoms with Gasteiger partial charge in [-0.05, 0) is 62.1 Å². The molecule has 0 spiro atoms. The third-order valence-electron chi connectivity index (χ3n) is 4.85. The summed E-state index contributed by atoms with van der Waals surface area (Å²) in [7, 11) is 0. The van der Waals surface area contributed by atoms with E-state index in [1.54, 1.807) is 0 Å². The molecule has 6 nitrogen and oxygen atoms in total. The summed E-state index contributed by atoms with van der Waals surface area (Å²) in [5.41, 5.74) is 4.28. The number of rotatable bonds is 7. The van der Waals surface area contributed by atoms with Crippen LogP contribution in [0.3, 0.4) is 0 Å². The smallest absolute Gasteiger partial charge is 0.303 e. The number of halogens is 1. The summed E-state index contributed by atoms with van der Waals surface area (Å²) in [6, 6.07) is 11.8. The zero-order chi connectivity index (χ0) is 21.3. The summed E-state index contributed by atoms with van der Waals surface area (Å²) >= 11 is 7.89. The van der Waals surface area contributed by atoms with Gasteiger partial charge in [0.05, 0.1) is 11.1 Å². The van der Waals surface area contributed by atoms with Crippen LogP contribution < -0.4 is 9.64 Å². The maximum absolute atomic E-state index is 10.8. The number of carboxylic acids is 1. The summed E-state index contributed by atoms with van der Waals surface area (Å²) in [5, 5.41) is 19.8. The fraction of sp³-hybridized carbons (Fsp3) is 0.318. The number of carboxylic acid groups (broad SMARTS) is 1. The Hall–Kier alpha value is -2.64. The van der Waals surface area contributed by atoms with E-state index in [2.05, 4.69) is 27.2 Å². The number of hydrogen-bond acceptors (Lipinski definition) is 6. The summed E-state index contributed by atoms with van der Waals surface area (Å²) in [6.07, 6.45) is 1.65. The van der Waals surface area contributed by atoms with E-state index in [1.807, 2.05) is 38.1 Å². The van der Waals surface area contributed by atoms with Crippen LogP contribution in [0.15, 0.2) is 36.4 Å². The average Bonchev–Trinajstić information content (AvgIpc) is 3.34. The van der Waals surface area contributed by atoms with E-state index in [0.717, 1.165) is 39.9 Å². The topological polar surface area (TPSA) is 75.6 Å². The summed E-state index contributed by atoms with van der Waals surface area (Å²) in [5.74, 6) is -0.116. The van der Waals surface area contributed by atoms with Crippen LogP contribution in [0.4, 0.5) is 10.8 Å². The van der Waals surface area contributed by atoms with E-state index >= 15 is 0 Å². The van der Waals surface area contributed by atoms with Gasteiger partial charge in [-0.2, -0.15) is 0 Å². The molecule has 2 aromatic carbocycles. The van der Waals surface area contributed by atoms with Gasteiger partial charge in [0, 0.05) is 24.2 Å². The highest BCUT2D eigenvalue weighted by Crippen LogP contribution is 2.39. The molecule has 8 heteroatoms. The Kier molecular flexibility index (Phi) is 5.92. The minimum Gasteiger partial charge on any atom is -0.489 e. The van der Waals surface area contributed by atoms with Gasteiger partial charge in [-0.15, -0.1) is 10.2 Å². The van der Waals surface area contributed by atoms with Gasteiger partial charge >= 0.3 is 5.97 Å². The van der Waals surface area contributed by atoms with Gasteiger partial charge < -0.3 is 14.7 Å². The number of ether oxygens (including phenoxy) is 1. The third-order valence-corrected chi connectivity index (χ3v) is 6.14. The monoisotopic (exact) mass is 443 g/mol. The maximum Gasteiger partial charge on any atom is 0.303 e. The second-order valence-electron chi connectivity index (χ2n) is 7.46. The first-order valence-corrected chi connectivity index (χ1v) is 11.0. The molecule has 30 heavy (non-hydrogen) atoms. The first-order chi connectivity index (χ1) is 14.4. The second kappa shape index (κ2) is 8.62. The molecule has 156 valence electrons. The molecule has 0 amide bonds. The SMILES string of the molecule is CC(C)Oc1ccc(-c2nnc(N3CCc4cc(CCC(=O)O)ccc43)s2)cc1Cl. The average molecular weight is 444 g/mol. The van der Waals surface area contributed by atoms with Crippen LogP contribution in [0.2, 0.25) is 5.02 Å². The number of aryl methyl sites for hydroxylation is 1. The molecule has 0 atom stereocenters. The molecular weight excluding hydrogens is 422 g/mol. The Balaban J connectivity index is 1.53. The van der Waals surface area contributed by atoms with Crippen LogP contribution in [-0.2, 0) is 17.6 Å². The zero-order valence-corrected chi connectivity index (χ0v) is 18.3. The first kappa shape index (κ1) is 20.6. The standard InChI is InChI=1S/C22H22ClN3O3S/c1-13(2)29-19-7-5-16(12-17(19)23)21-24-25-22(30-21)26-10-9-15-11-14(3-6-18(15)26)4-8-20(27)28/h3,5-7,11-13H,4,8-10H2,1-2H3,(H,27,28). The van der Waals surface area contributed by atoms with E-state index in [9.17, 15) is 4.79 Å². The van der Waals surface area contributed by atoms with Gasteiger partial charge in [0.15, 0.2) is 0 Å². The Morgan fingerprint density at radius 2 is 2.10 bits per heavy atom. The fourth-order valence-corrected chi connectivity index (χ4v) is 4.59. The molecule has 0 fully saturated rings. The highest BCUT2D eigenvalue weighted by atomic mass is 35.5. The van der Waals surface area contributed by atoms with Gasteiger partial charge in [-0.1, -0.05) is 35.1 Å². The summed E-state index contributed by atoms with van der Waals surface area (Å²) < 4.78 is 5.70. The minimum absolute atomic E-state index is 0.0568. The van der Waals surface area contributed by atoms with Crippen LogP contribution in [0.1, 0.15) is 31.4 Å². The number of carbonyl (C=O) groups is 1. The van der Waals surface area contributed by atoms with Crippen molar-refractivity contribution in [1.82, 2.24) is 10.2 Å². The van der Waals surface area contributed by atoms with Crippen molar-refractivity contribution < 1.29 is 14.6 Å². The molecule has 0 unspecified atom stereocenters. The molecule has 3 aromatic rings. The number of nitrogens with zero attached hydrogens (tertiary/aromatic N) is 3. The fourth-order valence-electron chi connectivity index (χ4n) is 3.49. The van der Waals surface area contributed by atoms with E-state index in [0.29, 0.717) is 17.2 Å². The van der Waals surface area contributed by atoms with Crippen molar-refractivity contribution >= 4 is 39.7 Å². The number of aromatic nitrogens is 2. The lowest BCUT2D eigenvalue weighted by molar-refractivity contribution is -0.136. The van der Waals surface area contributed by atoms with Gasteiger partial charge in [-0.3, -0.25) is 4.79 Å². The Morgan fingerprint density at radius 1 is 1.27 bits per heavy atom. The maximum atomic E-state index is 10.8.